The Morgan fingerprint density at radius 3 is 2.76 bits per heavy atom. The second kappa shape index (κ2) is 5.50. The third-order valence-corrected chi connectivity index (χ3v) is 3.66. The summed E-state index contributed by atoms with van der Waals surface area (Å²) in [5.74, 6) is -0.795. The molecule has 1 amide bonds. The van der Waals surface area contributed by atoms with Crippen molar-refractivity contribution in [1.82, 2.24) is 0 Å². The number of amides is 1. The molecule has 0 saturated heterocycles. The van der Waals surface area contributed by atoms with Gasteiger partial charge in [-0.25, -0.2) is 4.39 Å². The molecule has 1 aromatic heterocycles. The van der Waals surface area contributed by atoms with Crippen molar-refractivity contribution in [3.63, 3.8) is 0 Å². The third kappa shape index (κ3) is 2.94. The van der Waals surface area contributed by atoms with Gasteiger partial charge in [-0.05, 0) is 42.5 Å². The lowest BCUT2D eigenvalue weighted by Crippen LogP contribution is -2.10. The van der Waals surface area contributed by atoms with Crippen LogP contribution in [0.2, 0.25) is 5.02 Å². The molecular formula is C15H8BrClFNO2. The van der Waals surface area contributed by atoms with E-state index >= 15 is 0 Å². The number of halogens is 3. The van der Waals surface area contributed by atoms with Gasteiger partial charge >= 0.3 is 0 Å². The molecule has 0 fully saturated rings. The SMILES string of the molecule is O=C(Nc1ccc(F)c(Cl)c1)c1cc2cc(Br)ccc2o1. The summed E-state index contributed by atoms with van der Waals surface area (Å²) in [7, 11) is 0. The largest absolute Gasteiger partial charge is 0.451 e. The molecule has 0 aliphatic heterocycles. The van der Waals surface area contributed by atoms with Crippen LogP contribution in [0.1, 0.15) is 10.6 Å². The zero-order chi connectivity index (χ0) is 15.0. The standard InChI is InChI=1S/C15H8BrClFNO2/c16-9-1-4-13-8(5-9)6-14(21-13)15(20)19-10-2-3-12(18)11(17)7-10/h1-7H,(H,19,20). The predicted molar refractivity (Wildman–Crippen MR) is 83.3 cm³/mol. The van der Waals surface area contributed by atoms with Crippen molar-refractivity contribution in [2.24, 2.45) is 0 Å². The molecule has 0 bridgehead atoms. The molecule has 0 radical (unpaired) electrons. The summed E-state index contributed by atoms with van der Waals surface area (Å²) in [6, 6.07) is 11.0. The number of furan rings is 1. The van der Waals surface area contributed by atoms with E-state index in [1.54, 1.807) is 12.1 Å². The third-order valence-electron chi connectivity index (χ3n) is 2.88. The molecule has 0 aliphatic rings. The van der Waals surface area contributed by atoms with E-state index in [2.05, 4.69) is 21.2 Å². The van der Waals surface area contributed by atoms with Crippen LogP contribution in [0.5, 0.6) is 0 Å². The number of nitrogens with one attached hydrogen (secondary N) is 1. The first-order valence-electron chi connectivity index (χ1n) is 5.98. The van der Waals surface area contributed by atoms with Gasteiger partial charge in [0.1, 0.15) is 11.4 Å². The van der Waals surface area contributed by atoms with Gasteiger partial charge in [-0.1, -0.05) is 27.5 Å². The molecule has 2 aromatic carbocycles. The highest BCUT2D eigenvalue weighted by molar-refractivity contribution is 9.10. The van der Waals surface area contributed by atoms with Crippen LogP contribution < -0.4 is 5.32 Å². The molecule has 0 atom stereocenters. The van der Waals surface area contributed by atoms with Crippen LogP contribution in [-0.4, -0.2) is 5.91 Å². The Balaban J connectivity index is 1.87. The number of carbonyl (C=O) groups excluding carboxylic acids is 1. The molecule has 6 heteroatoms. The summed E-state index contributed by atoms with van der Waals surface area (Å²) in [6.45, 7) is 0. The minimum absolute atomic E-state index is 0.0543. The molecule has 3 nitrogen and oxygen atoms in total. The van der Waals surface area contributed by atoms with Crippen molar-refractivity contribution < 1.29 is 13.6 Å². The van der Waals surface area contributed by atoms with Gasteiger partial charge < -0.3 is 9.73 Å². The summed E-state index contributed by atoms with van der Waals surface area (Å²) in [6.07, 6.45) is 0. The van der Waals surface area contributed by atoms with Gasteiger partial charge in [-0.3, -0.25) is 4.79 Å². The summed E-state index contributed by atoms with van der Waals surface area (Å²) >= 11 is 9.02. The van der Waals surface area contributed by atoms with Crippen molar-refractivity contribution in [2.45, 2.75) is 0 Å². The highest BCUT2D eigenvalue weighted by Gasteiger charge is 2.13. The molecule has 1 heterocycles. The summed E-state index contributed by atoms with van der Waals surface area (Å²) in [5.41, 5.74) is 1.01. The Hall–Kier alpha value is -1.85. The first-order chi connectivity index (χ1) is 10.0. The van der Waals surface area contributed by atoms with E-state index in [4.69, 9.17) is 16.0 Å². The number of anilines is 1. The van der Waals surface area contributed by atoms with E-state index in [9.17, 15) is 9.18 Å². The Morgan fingerprint density at radius 2 is 2.00 bits per heavy atom. The maximum absolute atomic E-state index is 13.1. The van der Waals surface area contributed by atoms with Gasteiger partial charge in [-0.2, -0.15) is 0 Å². The second-order valence-corrected chi connectivity index (χ2v) is 5.70. The molecule has 1 N–H and O–H groups in total. The number of hydrogen-bond donors (Lipinski definition) is 1. The quantitative estimate of drug-likeness (QED) is 0.672. The fraction of sp³-hybridized carbons (Fsp3) is 0. The molecule has 0 saturated carbocycles. The number of carbonyl (C=O) groups is 1. The zero-order valence-corrected chi connectivity index (χ0v) is 12.8. The summed E-state index contributed by atoms with van der Waals surface area (Å²) < 4.78 is 19.4. The highest BCUT2D eigenvalue weighted by Crippen LogP contribution is 2.24. The average molecular weight is 369 g/mol. The molecule has 3 rings (SSSR count). The maximum atomic E-state index is 13.1. The Morgan fingerprint density at radius 1 is 1.19 bits per heavy atom. The van der Waals surface area contributed by atoms with Gasteiger partial charge in [0.15, 0.2) is 5.76 Å². The Bertz CT molecular complexity index is 847. The van der Waals surface area contributed by atoms with Crippen molar-refractivity contribution in [3.8, 4) is 0 Å². The van der Waals surface area contributed by atoms with Gasteiger partial charge in [0, 0.05) is 15.5 Å². The molecule has 0 spiro atoms. The van der Waals surface area contributed by atoms with Crippen LogP contribution in [0.25, 0.3) is 11.0 Å². The van der Waals surface area contributed by atoms with E-state index in [0.717, 1.165) is 9.86 Å². The molecule has 106 valence electrons. The highest BCUT2D eigenvalue weighted by atomic mass is 79.9. The van der Waals surface area contributed by atoms with E-state index in [0.29, 0.717) is 11.3 Å². The predicted octanol–water partition coefficient (Wildman–Crippen LogP) is 5.24. The van der Waals surface area contributed by atoms with Crippen molar-refractivity contribution in [2.75, 3.05) is 5.32 Å². The first-order valence-corrected chi connectivity index (χ1v) is 7.15. The van der Waals surface area contributed by atoms with Gasteiger partial charge in [-0.15, -0.1) is 0 Å². The van der Waals surface area contributed by atoms with Crippen LogP contribution in [0.3, 0.4) is 0 Å². The maximum Gasteiger partial charge on any atom is 0.291 e. The molecule has 3 aromatic rings. The Labute approximate surface area is 132 Å². The lowest BCUT2D eigenvalue weighted by Gasteiger charge is -2.03. The van der Waals surface area contributed by atoms with Crippen LogP contribution in [-0.2, 0) is 0 Å². The number of benzene rings is 2. The van der Waals surface area contributed by atoms with Gasteiger partial charge in [0.25, 0.3) is 5.91 Å². The Kier molecular flexibility index (Phi) is 3.69. The lowest BCUT2D eigenvalue weighted by atomic mass is 10.2. The molecular weight excluding hydrogens is 361 g/mol. The van der Waals surface area contributed by atoms with E-state index in [-0.39, 0.29) is 10.8 Å². The first kappa shape index (κ1) is 14.1. The monoisotopic (exact) mass is 367 g/mol. The number of fused-ring (bicyclic) bond motifs is 1. The van der Waals surface area contributed by atoms with Crippen LogP contribution in [0.4, 0.5) is 10.1 Å². The average Bonchev–Trinajstić information content (AvgIpc) is 2.86. The smallest absolute Gasteiger partial charge is 0.291 e. The van der Waals surface area contributed by atoms with Crippen LogP contribution in [0, 0.1) is 5.82 Å². The second-order valence-electron chi connectivity index (χ2n) is 4.38. The topological polar surface area (TPSA) is 42.2 Å². The number of rotatable bonds is 2. The van der Waals surface area contributed by atoms with Crippen molar-refractivity contribution >= 4 is 50.1 Å². The molecule has 0 unspecified atom stereocenters. The number of hydrogen-bond acceptors (Lipinski definition) is 2. The zero-order valence-electron chi connectivity index (χ0n) is 10.5. The molecule has 21 heavy (non-hydrogen) atoms. The van der Waals surface area contributed by atoms with Gasteiger partial charge in [0.05, 0.1) is 5.02 Å². The molecule has 0 aliphatic carbocycles. The fourth-order valence-electron chi connectivity index (χ4n) is 1.89. The van der Waals surface area contributed by atoms with E-state index in [1.165, 1.54) is 18.2 Å². The van der Waals surface area contributed by atoms with Gasteiger partial charge in [0.2, 0.25) is 0 Å². The lowest BCUT2D eigenvalue weighted by molar-refractivity contribution is 0.0998. The fourth-order valence-corrected chi connectivity index (χ4v) is 2.45. The van der Waals surface area contributed by atoms with Crippen molar-refractivity contribution in [3.05, 3.63) is 63.5 Å². The van der Waals surface area contributed by atoms with Crippen molar-refractivity contribution in [1.29, 1.82) is 0 Å². The van der Waals surface area contributed by atoms with E-state index in [1.807, 2.05) is 12.1 Å². The van der Waals surface area contributed by atoms with Crippen LogP contribution >= 0.6 is 27.5 Å². The van der Waals surface area contributed by atoms with Crippen LogP contribution in [0.15, 0.2) is 51.4 Å². The summed E-state index contributed by atoms with van der Waals surface area (Å²) in [4.78, 5) is 12.1. The minimum Gasteiger partial charge on any atom is -0.451 e. The van der Waals surface area contributed by atoms with E-state index < -0.39 is 11.7 Å². The normalized spacial score (nSPS) is 10.8. The summed E-state index contributed by atoms with van der Waals surface area (Å²) in [5, 5.41) is 3.36. The minimum atomic E-state index is -0.539.